The summed E-state index contributed by atoms with van der Waals surface area (Å²) in [6.07, 6.45) is 0. The summed E-state index contributed by atoms with van der Waals surface area (Å²) in [6, 6.07) is 13.4. The third-order valence-corrected chi connectivity index (χ3v) is 6.22. The lowest BCUT2D eigenvalue weighted by Gasteiger charge is -2.14. The molecule has 0 saturated heterocycles. The molecule has 0 fully saturated rings. The maximum Gasteiger partial charge on any atom is 0.288 e. The van der Waals surface area contributed by atoms with E-state index in [0.29, 0.717) is 37.8 Å². The van der Waals surface area contributed by atoms with Gasteiger partial charge in [-0.1, -0.05) is 0 Å². The molecule has 0 radical (unpaired) electrons. The zero-order valence-corrected chi connectivity index (χ0v) is 27.4. The summed E-state index contributed by atoms with van der Waals surface area (Å²) in [7, 11) is 1.57. The number of amides is 2. The number of benzene rings is 2. The van der Waals surface area contributed by atoms with Crippen molar-refractivity contribution in [3.8, 4) is 5.75 Å². The number of nitro groups is 2. The SMILES string of the molecule is COCCOCCOCCOc1cc(C(=O)NNC(=S)Nc2ccc([N+](=O)[O-])cc2)nc(C(=O)NNC(=S)Nc2ccc([N+](=O)[O-])cc2)c1. The molecule has 0 aliphatic rings. The second-order valence-electron chi connectivity index (χ2n) is 9.31. The predicted molar refractivity (Wildman–Crippen MR) is 183 cm³/mol. The smallest absolute Gasteiger partial charge is 0.288 e. The van der Waals surface area contributed by atoms with Crippen LogP contribution in [-0.2, 0) is 14.2 Å². The van der Waals surface area contributed by atoms with Crippen LogP contribution in [0.5, 0.6) is 5.75 Å². The maximum atomic E-state index is 13.0. The highest BCUT2D eigenvalue weighted by atomic mass is 32.1. The number of hydrogen-bond acceptors (Lipinski definition) is 13. The first-order chi connectivity index (χ1) is 23.5. The lowest BCUT2D eigenvalue weighted by Crippen LogP contribution is -2.45. The molecule has 19 nitrogen and oxygen atoms in total. The summed E-state index contributed by atoms with van der Waals surface area (Å²) >= 11 is 10.3. The van der Waals surface area contributed by atoms with Crippen molar-refractivity contribution >= 4 is 69.2 Å². The van der Waals surface area contributed by atoms with Crippen molar-refractivity contribution in [3.63, 3.8) is 0 Å². The first kappa shape index (κ1) is 37.8. The number of non-ortho nitro benzene ring substituents is 2. The first-order valence-corrected chi connectivity index (χ1v) is 14.9. The van der Waals surface area contributed by atoms with Crippen molar-refractivity contribution < 1.29 is 38.4 Å². The van der Waals surface area contributed by atoms with E-state index in [1.807, 2.05) is 0 Å². The maximum absolute atomic E-state index is 13.0. The largest absolute Gasteiger partial charge is 0.491 e. The van der Waals surface area contributed by atoms with E-state index in [4.69, 9.17) is 43.4 Å². The van der Waals surface area contributed by atoms with Crippen LogP contribution in [-0.4, -0.2) is 83.6 Å². The Balaban J connectivity index is 1.61. The van der Waals surface area contributed by atoms with Crippen LogP contribution in [0, 0.1) is 20.2 Å². The van der Waals surface area contributed by atoms with Gasteiger partial charge in [-0.25, -0.2) is 4.98 Å². The molecule has 3 aromatic rings. The van der Waals surface area contributed by atoms with Crippen molar-refractivity contribution in [1.82, 2.24) is 26.7 Å². The van der Waals surface area contributed by atoms with E-state index in [2.05, 4.69) is 37.3 Å². The van der Waals surface area contributed by atoms with Crippen molar-refractivity contribution in [3.05, 3.63) is 92.3 Å². The summed E-state index contributed by atoms with van der Waals surface area (Å²) in [4.78, 5) is 50.7. The summed E-state index contributed by atoms with van der Waals surface area (Å²) in [6.45, 7) is 1.80. The van der Waals surface area contributed by atoms with Crippen molar-refractivity contribution in [2.24, 2.45) is 0 Å². The van der Waals surface area contributed by atoms with Gasteiger partial charge in [0.1, 0.15) is 23.7 Å². The molecule has 0 aliphatic heterocycles. The zero-order chi connectivity index (χ0) is 35.6. The lowest BCUT2D eigenvalue weighted by molar-refractivity contribution is -0.385. The molecule has 1 heterocycles. The Morgan fingerprint density at radius 2 is 1.08 bits per heavy atom. The molecule has 0 aliphatic carbocycles. The van der Waals surface area contributed by atoms with E-state index < -0.39 is 21.7 Å². The second-order valence-corrected chi connectivity index (χ2v) is 10.1. The van der Waals surface area contributed by atoms with E-state index in [1.54, 1.807) is 7.11 Å². The average Bonchev–Trinajstić information content (AvgIpc) is 3.09. The average molecular weight is 718 g/mol. The Bertz CT molecular complexity index is 1520. The molecule has 0 bridgehead atoms. The Hall–Kier alpha value is -5.61. The minimum Gasteiger partial charge on any atom is -0.491 e. The molecule has 0 saturated carbocycles. The third kappa shape index (κ3) is 13.6. The van der Waals surface area contributed by atoms with E-state index in [9.17, 15) is 29.8 Å². The number of hydrazine groups is 2. The van der Waals surface area contributed by atoms with Crippen molar-refractivity contribution in [2.75, 3.05) is 57.4 Å². The Labute approximate surface area is 289 Å². The highest BCUT2D eigenvalue weighted by molar-refractivity contribution is 7.80. The number of nitrogens with one attached hydrogen (secondary N) is 6. The van der Waals surface area contributed by atoms with E-state index in [1.165, 1.54) is 60.7 Å². The number of hydrogen-bond donors (Lipinski definition) is 6. The summed E-state index contributed by atoms with van der Waals surface area (Å²) in [5, 5.41) is 27.1. The van der Waals surface area contributed by atoms with Gasteiger partial charge in [-0.15, -0.1) is 0 Å². The van der Waals surface area contributed by atoms with Crippen LogP contribution < -0.4 is 37.1 Å². The number of anilines is 2. The minimum atomic E-state index is -0.792. The van der Waals surface area contributed by atoms with Gasteiger partial charge in [-0.05, 0) is 48.7 Å². The number of rotatable bonds is 16. The summed E-state index contributed by atoms with van der Waals surface area (Å²) < 4.78 is 21.4. The number of pyridine rings is 1. The predicted octanol–water partition coefficient (Wildman–Crippen LogP) is 2.22. The van der Waals surface area contributed by atoms with Gasteiger partial charge >= 0.3 is 0 Å². The van der Waals surface area contributed by atoms with E-state index in [-0.39, 0.29) is 52.0 Å². The fraction of sp³-hybridized carbons (Fsp3) is 0.250. The van der Waals surface area contributed by atoms with Crippen LogP contribution in [0.15, 0.2) is 60.7 Å². The van der Waals surface area contributed by atoms with Crippen molar-refractivity contribution in [2.45, 2.75) is 0 Å². The van der Waals surface area contributed by atoms with E-state index >= 15 is 0 Å². The van der Waals surface area contributed by atoms with Gasteiger partial charge in [0.15, 0.2) is 10.2 Å². The fourth-order valence-corrected chi connectivity index (χ4v) is 3.85. The van der Waals surface area contributed by atoms with Gasteiger partial charge in [-0.3, -0.25) is 51.5 Å². The molecule has 21 heteroatoms. The highest BCUT2D eigenvalue weighted by Gasteiger charge is 2.17. The molecule has 1 aromatic heterocycles. The molecular weight excluding hydrogens is 686 g/mol. The number of aromatic nitrogens is 1. The quantitative estimate of drug-likeness (QED) is 0.0538. The molecule has 2 aromatic carbocycles. The molecular formula is C28H31N9O10S2. The number of ether oxygens (including phenoxy) is 4. The number of nitrogens with zero attached hydrogens (tertiary/aromatic N) is 3. The summed E-state index contributed by atoms with van der Waals surface area (Å²) in [5.41, 5.74) is 9.82. The number of thiocarbonyl (C=S) groups is 2. The van der Waals surface area contributed by atoms with Crippen LogP contribution in [0.2, 0.25) is 0 Å². The lowest BCUT2D eigenvalue weighted by atomic mass is 10.2. The molecule has 49 heavy (non-hydrogen) atoms. The highest BCUT2D eigenvalue weighted by Crippen LogP contribution is 2.17. The molecule has 0 spiro atoms. The van der Waals surface area contributed by atoms with Crippen LogP contribution in [0.1, 0.15) is 21.0 Å². The Morgan fingerprint density at radius 3 is 1.49 bits per heavy atom. The number of nitro benzene ring substituents is 2. The zero-order valence-electron chi connectivity index (χ0n) is 25.8. The number of methoxy groups -OCH3 is 1. The number of carbonyl (C=O) groups excluding carboxylic acids is 2. The van der Waals surface area contributed by atoms with Gasteiger partial charge in [0.2, 0.25) is 0 Å². The van der Waals surface area contributed by atoms with Gasteiger partial charge in [0, 0.05) is 54.9 Å². The van der Waals surface area contributed by atoms with Crippen LogP contribution in [0.3, 0.4) is 0 Å². The second kappa shape index (κ2) is 19.9. The molecule has 0 unspecified atom stereocenters. The monoisotopic (exact) mass is 717 g/mol. The van der Waals surface area contributed by atoms with Crippen LogP contribution >= 0.6 is 24.4 Å². The van der Waals surface area contributed by atoms with Crippen LogP contribution in [0.25, 0.3) is 0 Å². The summed E-state index contributed by atoms with van der Waals surface area (Å²) in [5.74, 6) is -1.47. The molecule has 2 amide bonds. The Kier molecular flexibility index (Phi) is 15.4. The van der Waals surface area contributed by atoms with Crippen LogP contribution in [0.4, 0.5) is 22.7 Å². The standard InChI is InChI=1S/C28H31N9O10S2/c1-44-10-11-45-12-13-46-14-15-47-22-16-23(25(38)32-34-27(48)29-18-2-6-20(7-3-18)36(40)41)31-24(17-22)26(39)33-35-28(49)30-19-4-8-21(9-5-19)37(42)43/h2-9,16-17H,10-15H2,1H3,(H,32,38)(H,33,39)(H2,29,34,48)(H2,30,35,49). The molecule has 3 rings (SSSR count). The van der Waals surface area contributed by atoms with Crippen molar-refractivity contribution in [1.29, 1.82) is 0 Å². The molecule has 0 atom stereocenters. The van der Waals surface area contributed by atoms with Gasteiger partial charge in [0.25, 0.3) is 23.2 Å². The Morgan fingerprint density at radius 1 is 0.673 bits per heavy atom. The molecule has 260 valence electrons. The molecule has 6 N–H and O–H groups in total. The normalized spacial score (nSPS) is 10.3. The number of carbonyl (C=O) groups is 2. The van der Waals surface area contributed by atoms with Gasteiger partial charge in [0.05, 0.1) is 42.9 Å². The van der Waals surface area contributed by atoms with Gasteiger partial charge < -0.3 is 29.6 Å². The topological polar surface area (TPSA) is 242 Å². The van der Waals surface area contributed by atoms with E-state index in [0.717, 1.165) is 0 Å². The van der Waals surface area contributed by atoms with Gasteiger partial charge in [-0.2, -0.15) is 0 Å². The third-order valence-electron chi connectivity index (χ3n) is 5.82. The fourth-order valence-electron chi connectivity index (χ4n) is 3.52. The minimum absolute atomic E-state index is 0.0471. The first-order valence-electron chi connectivity index (χ1n) is 14.1.